The van der Waals surface area contributed by atoms with Crippen LogP contribution in [0.3, 0.4) is 0 Å². The van der Waals surface area contributed by atoms with Crippen LogP contribution in [-0.2, 0) is 9.53 Å². The molecule has 0 aromatic heterocycles. The highest BCUT2D eigenvalue weighted by Crippen LogP contribution is 2.12. The molecule has 2 N–H and O–H groups in total. The van der Waals surface area contributed by atoms with Crippen LogP contribution in [0.15, 0.2) is 24.3 Å². The van der Waals surface area contributed by atoms with E-state index in [1.165, 1.54) is 12.1 Å². The fraction of sp³-hybridized carbons (Fsp3) is 0.500. The number of carbonyl (C=O) groups is 1. The number of carbonyl (C=O) groups excluding carboxylic acids is 1. The van der Waals surface area contributed by atoms with E-state index in [1.807, 2.05) is 6.92 Å². The number of amides is 1. The normalized spacial score (nSPS) is 19.2. The second-order valence-electron chi connectivity index (χ2n) is 4.69. The molecule has 1 aliphatic rings. The Balaban J connectivity index is 0.00000220. The number of benzene rings is 1. The van der Waals surface area contributed by atoms with Crippen molar-refractivity contribution in [1.29, 1.82) is 0 Å². The number of morpholine rings is 1. The van der Waals surface area contributed by atoms with Crippen LogP contribution >= 0.6 is 12.4 Å². The van der Waals surface area contributed by atoms with E-state index in [-0.39, 0.29) is 30.2 Å². The van der Waals surface area contributed by atoms with Crippen molar-refractivity contribution in [2.75, 3.05) is 26.2 Å². The van der Waals surface area contributed by atoms with Crippen LogP contribution in [0.2, 0.25) is 0 Å². The summed E-state index contributed by atoms with van der Waals surface area (Å²) in [5.41, 5.74) is 0. The van der Waals surface area contributed by atoms with Gasteiger partial charge in [0.1, 0.15) is 23.8 Å². The highest BCUT2D eigenvalue weighted by Gasteiger charge is 2.21. The van der Waals surface area contributed by atoms with Gasteiger partial charge in [0.25, 0.3) is 5.91 Å². The van der Waals surface area contributed by atoms with Gasteiger partial charge in [-0.25, -0.2) is 4.39 Å². The van der Waals surface area contributed by atoms with Crippen molar-refractivity contribution in [3.8, 4) is 5.75 Å². The second-order valence-corrected chi connectivity index (χ2v) is 4.69. The number of nitrogens with one attached hydrogen (secondary N) is 2. The maximum Gasteiger partial charge on any atom is 0.250 e. The minimum Gasteiger partial charge on any atom is -0.489 e. The van der Waals surface area contributed by atoms with Crippen molar-refractivity contribution in [3.63, 3.8) is 0 Å². The quantitative estimate of drug-likeness (QED) is 0.854. The average Bonchev–Trinajstić information content (AvgIpc) is 2.48. The molecule has 7 heteroatoms. The molecule has 1 heterocycles. The Morgan fingerprint density at radius 2 is 2.24 bits per heavy atom. The third kappa shape index (κ3) is 5.87. The Labute approximate surface area is 129 Å². The van der Waals surface area contributed by atoms with Gasteiger partial charge in [-0.3, -0.25) is 4.79 Å². The molecule has 0 aliphatic carbocycles. The molecule has 2 unspecified atom stereocenters. The lowest BCUT2D eigenvalue weighted by molar-refractivity contribution is -0.134. The maximum atomic E-state index is 12.8. The molecular formula is C14H20ClFN2O3. The zero-order valence-corrected chi connectivity index (χ0v) is 12.6. The summed E-state index contributed by atoms with van der Waals surface area (Å²) in [4.78, 5) is 11.8. The summed E-state index contributed by atoms with van der Waals surface area (Å²) in [6.45, 7) is 4.05. The van der Waals surface area contributed by atoms with Gasteiger partial charge in [0, 0.05) is 13.1 Å². The van der Waals surface area contributed by atoms with E-state index in [2.05, 4.69) is 10.6 Å². The molecule has 1 fully saturated rings. The zero-order chi connectivity index (χ0) is 14.4. The van der Waals surface area contributed by atoms with Crippen molar-refractivity contribution in [3.05, 3.63) is 30.1 Å². The van der Waals surface area contributed by atoms with Crippen molar-refractivity contribution in [2.45, 2.75) is 19.1 Å². The van der Waals surface area contributed by atoms with Gasteiger partial charge < -0.3 is 20.1 Å². The van der Waals surface area contributed by atoms with Gasteiger partial charge in [-0.05, 0) is 31.2 Å². The largest absolute Gasteiger partial charge is 0.489 e. The van der Waals surface area contributed by atoms with Gasteiger partial charge in [0.05, 0.1) is 13.2 Å². The summed E-state index contributed by atoms with van der Waals surface area (Å²) < 4.78 is 23.7. The molecule has 0 radical (unpaired) electrons. The van der Waals surface area contributed by atoms with Crippen LogP contribution < -0.4 is 15.4 Å². The molecule has 1 saturated heterocycles. The minimum absolute atomic E-state index is 0. The molecule has 2 rings (SSSR count). The lowest BCUT2D eigenvalue weighted by Gasteiger charge is -2.23. The van der Waals surface area contributed by atoms with Crippen molar-refractivity contribution in [2.24, 2.45) is 0 Å². The van der Waals surface area contributed by atoms with Gasteiger partial charge >= 0.3 is 0 Å². The van der Waals surface area contributed by atoms with Crippen LogP contribution in [0.4, 0.5) is 4.39 Å². The predicted molar refractivity (Wildman–Crippen MR) is 79.4 cm³/mol. The van der Waals surface area contributed by atoms with Crippen LogP contribution in [0.25, 0.3) is 0 Å². The van der Waals surface area contributed by atoms with Crippen molar-refractivity contribution >= 4 is 18.3 Å². The Morgan fingerprint density at radius 1 is 1.52 bits per heavy atom. The van der Waals surface area contributed by atoms with E-state index in [9.17, 15) is 9.18 Å². The third-order valence-corrected chi connectivity index (χ3v) is 2.93. The van der Waals surface area contributed by atoms with E-state index in [0.29, 0.717) is 25.4 Å². The second kappa shape index (κ2) is 8.81. The summed E-state index contributed by atoms with van der Waals surface area (Å²) in [7, 11) is 0. The fourth-order valence-electron chi connectivity index (χ4n) is 1.88. The first-order valence-electron chi connectivity index (χ1n) is 6.67. The molecule has 0 bridgehead atoms. The third-order valence-electron chi connectivity index (χ3n) is 2.93. The van der Waals surface area contributed by atoms with Crippen LogP contribution in [-0.4, -0.2) is 44.4 Å². The monoisotopic (exact) mass is 318 g/mol. The standard InChI is InChI=1S/C14H19FN2O3.ClH/c1-10(20-12-4-2-11(15)3-5-12)8-17-14(18)13-9-16-6-7-19-13;/h2-5,10,13,16H,6-9H2,1H3,(H,17,18);1H. The van der Waals surface area contributed by atoms with E-state index in [1.54, 1.807) is 12.1 Å². The topological polar surface area (TPSA) is 59.6 Å². The molecule has 1 aliphatic heterocycles. The lowest BCUT2D eigenvalue weighted by atomic mass is 10.2. The molecule has 1 amide bonds. The number of ether oxygens (including phenoxy) is 2. The molecule has 118 valence electrons. The summed E-state index contributed by atoms with van der Waals surface area (Å²) in [5, 5.41) is 5.88. The number of hydrogen-bond donors (Lipinski definition) is 2. The summed E-state index contributed by atoms with van der Waals surface area (Å²) in [6, 6.07) is 5.79. The lowest BCUT2D eigenvalue weighted by Crippen LogP contribution is -2.49. The van der Waals surface area contributed by atoms with Gasteiger partial charge in [-0.15, -0.1) is 12.4 Å². The van der Waals surface area contributed by atoms with Gasteiger partial charge in [0.2, 0.25) is 0 Å². The SMILES string of the molecule is CC(CNC(=O)C1CNCCO1)Oc1ccc(F)cc1.Cl. The molecule has 0 saturated carbocycles. The molecule has 1 aromatic rings. The summed E-state index contributed by atoms with van der Waals surface area (Å²) >= 11 is 0. The highest BCUT2D eigenvalue weighted by molar-refractivity contribution is 5.85. The van der Waals surface area contributed by atoms with E-state index in [4.69, 9.17) is 9.47 Å². The maximum absolute atomic E-state index is 12.8. The first kappa shape index (κ1) is 17.7. The van der Waals surface area contributed by atoms with Crippen LogP contribution in [0.1, 0.15) is 6.92 Å². The Morgan fingerprint density at radius 3 is 2.86 bits per heavy atom. The van der Waals surface area contributed by atoms with E-state index < -0.39 is 6.10 Å². The van der Waals surface area contributed by atoms with Gasteiger partial charge in [-0.2, -0.15) is 0 Å². The number of halogens is 2. The Kier molecular flexibility index (Phi) is 7.42. The predicted octanol–water partition coefficient (Wildman–Crippen LogP) is 1.12. The molecule has 0 spiro atoms. The fourth-order valence-corrected chi connectivity index (χ4v) is 1.88. The Bertz CT molecular complexity index is 438. The van der Waals surface area contributed by atoms with Gasteiger partial charge in [0.15, 0.2) is 0 Å². The first-order chi connectivity index (χ1) is 9.65. The van der Waals surface area contributed by atoms with Crippen molar-refractivity contribution < 1.29 is 18.7 Å². The molecular weight excluding hydrogens is 299 g/mol. The summed E-state index contributed by atoms with van der Waals surface area (Å²) in [6.07, 6.45) is -0.650. The molecule has 5 nitrogen and oxygen atoms in total. The minimum atomic E-state index is -0.443. The molecule has 1 aromatic carbocycles. The van der Waals surface area contributed by atoms with E-state index >= 15 is 0 Å². The summed E-state index contributed by atoms with van der Waals surface area (Å²) in [5.74, 6) is 0.121. The van der Waals surface area contributed by atoms with E-state index in [0.717, 1.165) is 6.54 Å². The smallest absolute Gasteiger partial charge is 0.250 e. The molecule has 21 heavy (non-hydrogen) atoms. The Hall–Kier alpha value is -1.37. The van der Waals surface area contributed by atoms with Crippen LogP contribution in [0, 0.1) is 5.82 Å². The number of rotatable bonds is 5. The first-order valence-corrected chi connectivity index (χ1v) is 6.67. The number of hydrogen-bond acceptors (Lipinski definition) is 4. The average molecular weight is 319 g/mol. The molecule has 2 atom stereocenters. The van der Waals surface area contributed by atoms with Crippen molar-refractivity contribution in [1.82, 2.24) is 10.6 Å². The highest BCUT2D eigenvalue weighted by atomic mass is 35.5. The van der Waals surface area contributed by atoms with Crippen LogP contribution in [0.5, 0.6) is 5.75 Å². The van der Waals surface area contributed by atoms with Gasteiger partial charge in [-0.1, -0.05) is 0 Å². The zero-order valence-electron chi connectivity index (χ0n) is 11.8.